The molecule has 5 nitrogen and oxygen atoms in total. The molecule has 1 amide bonds. The van der Waals surface area contributed by atoms with Crippen LogP contribution in [0, 0.1) is 6.20 Å². The number of nitrogens with zero attached hydrogens (tertiary/aromatic N) is 1. The lowest BCUT2D eigenvalue weighted by molar-refractivity contribution is -0.108. The Kier molecular flexibility index (Phi) is 2.39. The molecule has 1 heterocycles. The summed E-state index contributed by atoms with van der Waals surface area (Å²) in [5, 5.41) is 0. The minimum atomic E-state index is -3.75. The summed E-state index contributed by atoms with van der Waals surface area (Å²) < 4.78 is 23.7. The van der Waals surface area contributed by atoms with Gasteiger partial charge in [-0.15, -0.1) is 0 Å². The van der Waals surface area contributed by atoms with Gasteiger partial charge in [0.25, 0.3) is 10.0 Å². The van der Waals surface area contributed by atoms with E-state index in [2.05, 4.69) is 11.2 Å². The molecule has 0 fully saturated rings. The van der Waals surface area contributed by atoms with E-state index in [1.165, 1.54) is 18.3 Å². The Bertz CT molecular complexity index is 360. The van der Waals surface area contributed by atoms with Gasteiger partial charge in [-0.05, 0) is 12.1 Å². The molecule has 0 saturated heterocycles. The van der Waals surface area contributed by atoms with Crippen LogP contribution in [-0.2, 0) is 14.8 Å². The molecule has 63 valence electrons. The van der Waals surface area contributed by atoms with Crippen LogP contribution < -0.4 is 4.72 Å². The van der Waals surface area contributed by atoms with E-state index in [0.717, 1.165) is 0 Å². The van der Waals surface area contributed by atoms with Gasteiger partial charge in [-0.2, -0.15) is 0 Å². The van der Waals surface area contributed by atoms with Crippen molar-refractivity contribution < 1.29 is 13.2 Å². The van der Waals surface area contributed by atoms with Crippen LogP contribution in [0.25, 0.3) is 0 Å². The molecule has 0 aliphatic heterocycles. The number of hydrogen-bond acceptors (Lipinski definition) is 4. The van der Waals surface area contributed by atoms with Crippen molar-refractivity contribution in [1.82, 2.24) is 9.71 Å². The van der Waals surface area contributed by atoms with Crippen molar-refractivity contribution >= 4 is 16.4 Å². The minimum Gasteiger partial charge on any atom is -0.278 e. The zero-order valence-electron chi connectivity index (χ0n) is 5.89. The zero-order chi connectivity index (χ0) is 9.03. The van der Waals surface area contributed by atoms with Gasteiger partial charge >= 0.3 is 0 Å². The lowest BCUT2D eigenvalue weighted by Gasteiger charge is -1.98. The lowest BCUT2D eigenvalue weighted by atomic mass is 10.5. The first-order valence-electron chi connectivity index (χ1n) is 2.95. The first kappa shape index (κ1) is 8.66. The number of hydrogen-bond donors (Lipinski definition) is 1. The van der Waals surface area contributed by atoms with Crippen molar-refractivity contribution in [3.05, 3.63) is 24.5 Å². The highest BCUT2D eigenvalue weighted by atomic mass is 32.2. The van der Waals surface area contributed by atoms with E-state index >= 15 is 0 Å². The van der Waals surface area contributed by atoms with Crippen molar-refractivity contribution in [3.8, 4) is 0 Å². The highest BCUT2D eigenvalue weighted by Crippen LogP contribution is 2.02. The van der Waals surface area contributed by atoms with Crippen LogP contribution in [0.2, 0.25) is 0 Å². The Morgan fingerprint density at radius 3 is 2.83 bits per heavy atom. The van der Waals surface area contributed by atoms with Crippen molar-refractivity contribution in [3.63, 3.8) is 0 Å². The zero-order valence-corrected chi connectivity index (χ0v) is 6.71. The summed E-state index contributed by atoms with van der Waals surface area (Å²) in [6, 6.07) is 2.73. The Balaban J connectivity index is 3.07. The molecular formula is C6H5N2O3S. The number of pyridine rings is 1. The fourth-order valence-corrected chi connectivity index (χ4v) is 1.27. The Labute approximate surface area is 69.5 Å². The molecule has 0 bridgehead atoms. The summed E-state index contributed by atoms with van der Waals surface area (Å²) in [5.41, 5.74) is 0. The smallest absolute Gasteiger partial charge is 0.266 e. The van der Waals surface area contributed by atoms with Crippen LogP contribution >= 0.6 is 0 Å². The predicted molar refractivity (Wildman–Crippen MR) is 39.5 cm³/mol. The first-order valence-corrected chi connectivity index (χ1v) is 4.44. The summed E-state index contributed by atoms with van der Waals surface area (Å²) in [7, 11) is -3.75. The summed E-state index contributed by atoms with van der Waals surface area (Å²) >= 11 is 0. The number of nitrogens with one attached hydrogen (secondary N) is 1. The quantitative estimate of drug-likeness (QED) is 0.633. The van der Waals surface area contributed by atoms with Crippen LogP contribution in [0.5, 0.6) is 0 Å². The number of amides is 1. The van der Waals surface area contributed by atoms with Gasteiger partial charge in [0.05, 0.1) is 0 Å². The van der Waals surface area contributed by atoms with Crippen molar-refractivity contribution in [2.75, 3.05) is 0 Å². The topological polar surface area (TPSA) is 76.1 Å². The molecule has 0 aromatic carbocycles. The summed E-state index contributed by atoms with van der Waals surface area (Å²) in [4.78, 5) is 13.2. The van der Waals surface area contributed by atoms with E-state index in [1.54, 1.807) is 4.72 Å². The Hall–Kier alpha value is -1.43. The van der Waals surface area contributed by atoms with Gasteiger partial charge in [-0.1, -0.05) is 0 Å². The maximum absolute atomic E-state index is 11.0. The van der Waals surface area contributed by atoms with Gasteiger partial charge in [0.15, 0.2) is 0 Å². The third-order valence-electron chi connectivity index (χ3n) is 1.08. The van der Waals surface area contributed by atoms with E-state index < -0.39 is 10.0 Å². The van der Waals surface area contributed by atoms with Gasteiger partial charge in [0.2, 0.25) is 6.41 Å². The second kappa shape index (κ2) is 3.31. The fraction of sp³-hybridized carbons (Fsp3) is 0. The molecule has 1 aromatic heterocycles. The maximum atomic E-state index is 11.0. The summed E-state index contributed by atoms with van der Waals surface area (Å²) in [5.74, 6) is 0. The molecular weight excluding hydrogens is 180 g/mol. The minimum absolute atomic E-state index is 0.0934. The molecule has 1 aromatic rings. The molecule has 0 spiro atoms. The number of carbonyl (C=O) groups is 1. The average Bonchev–Trinajstić information content (AvgIpc) is 2.06. The van der Waals surface area contributed by atoms with E-state index in [0.29, 0.717) is 0 Å². The van der Waals surface area contributed by atoms with Crippen molar-refractivity contribution in [2.24, 2.45) is 0 Å². The normalized spacial score (nSPS) is 10.7. The van der Waals surface area contributed by atoms with E-state index in [9.17, 15) is 13.2 Å². The fourth-order valence-electron chi connectivity index (χ4n) is 0.588. The van der Waals surface area contributed by atoms with Crippen LogP contribution in [-0.4, -0.2) is 19.8 Å². The molecule has 1 rings (SSSR count). The molecule has 0 aliphatic carbocycles. The van der Waals surface area contributed by atoms with Crippen molar-refractivity contribution in [2.45, 2.75) is 4.90 Å². The number of rotatable bonds is 3. The third kappa shape index (κ3) is 1.79. The Morgan fingerprint density at radius 2 is 2.33 bits per heavy atom. The van der Waals surface area contributed by atoms with E-state index in [-0.39, 0.29) is 11.3 Å². The third-order valence-corrected chi connectivity index (χ3v) is 2.29. The van der Waals surface area contributed by atoms with E-state index in [1.807, 2.05) is 0 Å². The predicted octanol–water partition coefficient (Wildman–Crippen LogP) is -0.684. The lowest BCUT2D eigenvalue weighted by Crippen LogP contribution is -2.21. The number of carbonyl (C=O) groups excluding carboxylic acids is 1. The van der Waals surface area contributed by atoms with Crippen molar-refractivity contribution in [1.29, 1.82) is 0 Å². The number of aromatic nitrogens is 1. The molecule has 12 heavy (non-hydrogen) atoms. The summed E-state index contributed by atoms with van der Waals surface area (Å²) in [6.45, 7) is 0. The van der Waals surface area contributed by atoms with Gasteiger partial charge < -0.3 is 0 Å². The molecule has 0 unspecified atom stereocenters. The van der Waals surface area contributed by atoms with Gasteiger partial charge in [0.1, 0.15) is 11.1 Å². The second-order valence-corrected chi connectivity index (χ2v) is 3.53. The first-order chi connectivity index (χ1) is 5.67. The van der Waals surface area contributed by atoms with Crippen LogP contribution in [0.1, 0.15) is 0 Å². The molecule has 6 heteroatoms. The molecule has 0 aliphatic rings. The van der Waals surface area contributed by atoms with Gasteiger partial charge in [-0.3, -0.25) is 14.5 Å². The number of sulfonamides is 1. The standard InChI is InChI=1S/C6H5N2O3S/c9-5-8-12(10,11)6-2-1-3-7-4-6/h1-3,5H,(H,8,9). The van der Waals surface area contributed by atoms with Crippen LogP contribution in [0.4, 0.5) is 0 Å². The van der Waals surface area contributed by atoms with Crippen LogP contribution in [0.15, 0.2) is 23.2 Å². The molecule has 0 saturated carbocycles. The Morgan fingerprint density at radius 1 is 1.58 bits per heavy atom. The van der Waals surface area contributed by atoms with Crippen LogP contribution in [0.3, 0.4) is 0 Å². The molecule has 1 N–H and O–H groups in total. The van der Waals surface area contributed by atoms with Gasteiger partial charge in [0, 0.05) is 6.20 Å². The van der Waals surface area contributed by atoms with Gasteiger partial charge in [-0.25, -0.2) is 8.42 Å². The van der Waals surface area contributed by atoms with E-state index in [4.69, 9.17) is 0 Å². The highest BCUT2D eigenvalue weighted by molar-refractivity contribution is 7.90. The molecule has 1 radical (unpaired) electrons. The summed E-state index contributed by atoms with van der Waals surface area (Å²) in [6.07, 6.45) is 3.72. The largest absolute Gasteiger partial charge is 0.278 e. The molecule has 0 atom stereocenters. The SMILES string of the molecule is O=CNS(=O)(=O)c1[c]nccc1. The maximum Gasteiger partial charge on any atom is 0.266 e. The highest BCUT2D eigenvalue weighted by Gasteiger charge is 2.11. The average molecular weight is 185 g/mol. The monoisotopic (exact) mass is 185 g/mol. The second-order valence-electron chi connectivity index (χ2n) is 1.85.